The molecule has 3 aromatic heterocycles. The van der Waals surface area contributed by atoms with Crippen LogP contribution in [0.25, 0.3) is 17.1 Å². The second kappa shape index (κ2) is 8.58. The van der Waals surface area contributed by atoms with Crippen molar-refractivity contribution in [2.45, 2.75) is 12.6 Å². The van der Waals surface area contributed by atoms with Crippen molar-refractivity contribution in [1.82, 2.24) is 29.7 Å². The number of hydrogen-bond donors (Lipinski definition) is 2. The third-order valence-electron chi connectivity index (χ3n) is 5.14. The van der Waals surface area contributed by atoms with Gasteiger partial charge in [0, 0.05) is 36.6 Å². The number of aryl methyl sites for hydroxylation is 1. The zero-order chi connectivity index (χ0) is 22.0. The minimum Gasteiger partial charge on any atom is -0.374 e. The molecule has 3 heterocycles. The van der Waals surface area contributed by atoms with Crippen LogP contribution < -0.4 is 15.4 Å². The van der Waals surface area contributed by atoms with E-state index in [1.54, 1.807) is 42.6 Å². The van der Waals surface area contributed by atoms with Crippen LogP contribution in [-0.4, -0.2) is 36.6 Å². The van der Waals surface area contributed by atoms with Gasteiger partial charge in [-0.1, -0.05) is 18.2 Å². The van der Waals surface area contributed by atoms with E-state index in [1.165, 1.54) is 0 Å². The van der Waals surface area contributed by atoms with Crippen LogP contribution in [0.2, 0.25) is 0 Å². The average Bonchev–Trinajstić information content (AvgIpc) is 3.22. The van der Waals surface area contributed by atoms with Crippen molar-refractivity contribution in [1.29, 1.82) is 0 Å². The molecule has 9 heteroatoms. The molecule has 0 aliphatic carbocycles. The van der Waals surface area contributed by atoms with Gasteiger partial charge in [-0.15, -0.1) is 9.36 Å². The third-order valence-corrected chi connectivity index (χ3v) is 5.14. The van der Waals surface area contributed by atoms with Gasteiger partial charge in [-0.3, -0.25) is 14.8 Å². The number of aliphatic hydroxyl groups excluding tert-OH is 1. The SMILES string of the molecule is CNC(O)c1cnc(-c2cccc(Cc3c(=O)ccn(-c4cnn(C)c4)[n+]3C)c2)nc1. The highest BCUT2D eigenvalue weighted by atomic mass is 16.3. The Balaban J connectivity index is 1.65. The zero-order valence-electron chi connectivity index (χ0n) is 17.6. The molecule has 31 heavy (non-hydrogen) atoms. The van der Waals surface area contributed by atoms with Crippen molar-refractivity contribution in [3.8, 4) is 17.1 Å². The Labute approximate surface area is 179 Å². The highest BCUT2D eigenvalue weighted by molar-refractivity contribution is 5.56. The molecule has 0 fully saturated rings. The van der Waals surface area contributed by atoms with Crippen LogP contribution in [-0.2, 0) is 20.5 Å². The van der Waals surface area contributed by atoms with E-state index in [-0.39, 0.29) is 5.43 Å². The first-order chi connectivity index (χ1) is 15.0. The second-order valence-corrected chi connectivity index (χ2v) is 7.28. The van der Waals surface area contributed by atoms with E-state index in [0.29, 0.717) is 23.5 Å². The van der Waals surface area contributed by atoms with Crippen LogP contribution in [0.15, 0.2) is 66.1 Å². The Morgan fingerprint density at radius 2 is 1.97 bits per heavy atom. The Morgan fingerprint density at radius 3 is 2.65 bits per heavy atom. The highest BCUT2D eigenvalue weighted by Gasteiger charge is 2.18. The lowest BCUT2D eigenvalue weighted by atomic mass is 10.1. The minimum atomic E-state index is -0.805. The molecule has 0 amide bonds. The molecule has 1 aromatic carbocycles. The smallest absolute Gasteiger partial charge is 0.257 e. The molecule has 0 bridgehead atoms. The van der Waals surface area contributed by atoms with Crippen LogP contribution in [0.1, 0.15) is 23.0 Å². The molecule has 0 saturated carbocycles. The van der Waals surface area contributed by atoms with E-state index in [1.807, 2.05) is 53.9 Å². The molecule has 9 nitrogen and oxygen atoms in total. The van der Waals surface area contributed by atoms with Crippen molar-refractivity contribution in [2.75, 3.05) is 7.05 Å². The summed E-state index contributed by atoms with van der Waals surface area (Å²) in [6.07, 6.45) is 8.23. The quantitative estimate of drug-likeness (QED) is 0.352. The number of nitrogens with one attached hydrogen (secondary N) is 1. The summed E-state index contributed by atoms with van der Waals surface area (Å²) >= 11 is 0. The van der Waals surface area contributed by atoms with Gasteiger partial charge in [0.1, 0.15) is 11.9 Å². The van der Waals surface area contributed by atoms with Gasteiger partial charge in [-0.05, 0) is 18.7 Å². The maximum Gasteiger partial charge on any atom is 0.257 e. The predicted octanol–water partition coefficient (Wildman–Crippen LogP) is 0.654. The Bertz CT molecular complexity index is 1260. The van der Waals surface area contributed by atoms with Crippen LogP contribution in [0.4, 0.5) is 0 Å². The Morgan fingerprint density at radius 1 is 1.19 bits per heavy atom. The monoisotopic (exact) mass is 418 g/mol. The van der Waals surface area contributed by atoms with Crippen LogP contribution in [0, 0.1) is 0 Å². The molecular formula is C22H24N7O2+. The van der Waals surface area contributed by atoms with Crippen molar-refractivity contribution in [3.05, 3.63) is 88.4 Å². The van der Waals surface area contributed by atoms with E-state index in [2.05, 4.69) is 20.4 Å². The summed E-state index contributed by atoms with van der Waals surface area (Å²) in [6.45, 7) is 0. The first-order valence-electron chi connectivity index (χ1n) is 9.82. The molecule has 0 saturated heterocycles. The first kappa shape index (κ1) is 20.6. The summed E-state index contributed by atoms with van der Waals surface area (Å²) in [5.41, 5.74) is 3.89. The van der Waals surface area contributed by atoms with E-state index in [4.69, 9.17) is 0 Å². The summed E-state index contributed by atoms with van der Waals surface area (Å²) in [5.74, 6) is 0.555. The molecular weight excluding hydrogens is 394 g/mol. The standard InChI is InChI=1S/C22H24N7O2/c1-23-22(31)17-11-24-21(25-12-17)16-6-4-5-15(9-16)10-19-20(30)7-8-29(28(19)3)18-13-26-27(2)14-18/h4-9,11-14,22-23,31H,10H2,1-3H3/q+1. The number of rotatable bonds is 6. The first-order valence-corrected chi connectivity index (χ1v) is 9.82. The van der Waals surface area contributed by atoms with Gasteiger partial charge >= 0.3 is 0 Å². The van der Waals surface area contributed by atoms with Gasteiger partial charge in [0.2, 0.25) is 5.43 Å². The van der Waals surface area contributed by atoms with Crippen molar-refractivity contribution >= 4 is 0 Å². The lowest BCUT2D eigenvalue weighted by molar-refractivity contribution is -0.755. The maximum absolute atomic E-state index is 12.6. The second-order valence-electron chi connectivity index (χ2n) is 7.28. The molecule has 0 aliphatic heterocycles. The third kappa shape index (κ3) is 4.27. The van der Waals surface area contributed by atoms with Crippen LogP contribution >= 0.6 is 0 Å². The number of hydrogen-bond acceptors (Lipinski definition) is 6. The fourth-order valence-corrected chi connectivity index (χ4v) is 3.42. The van der Waals surface area contributed by atoms with Crippen molar-refractivity contribution in [3.63, 3.8) is 0 Å². The van der Waals surface area contributed by atoms with E-state index < -0.39 is 6.23 Å². The number of nitrogens with zero attached hydrogens (tertiary/aromatic N) is 6. The zero-order valence-corrected chi connectivity index (χ0v) is 17.6. The van der Waals surface area contributed by atoms with Crippen LogP contribution in [0.5, 0.6) is 0 Å². The summed E-state index contributed by atoms with van der Waals surface area (Å²) in [6, 6.07) is 9.37. The summed E-state index contributed by atoms with van der Waals surface area (Å²) in [4.78, 5) is 21.3. The van der Waals surface area contributed by atoms with Gasteiger partial charge in [0.05, 0.1) is 25.0 Å². The molecule has 0 spiro atoms. The van der Waals surface area contributed by atoms with Gasteiger partial charge in [0.25, 0.3) is 5.69 Å². The fourth-order valence-electron chi connectivity index (χ4n) is 3.42. The Hall–Kier alpha value is -3.69. The van der Waals surface area contributed by atoms with Gasteiger partial charge < -0.3 is 5.11 Å². The topological polar surface area (TPSA) is 102 Å². The lowest BCUT2D eigenvalue weighted by Gasteiger charge is -2.09. The van der Waals surface area contributed by atoms with Gasteiger partial charge in [0.15, 0.2) is 12.9 Å². The summed E-state index contributed by atoms with van der Waals surface area (Å²) in [7, 11) is 5.38. The van der Waals surface area contributed by atoms with E-state index >= 15 is 0 Å². The van der Waals surface area contributed by atoms with Crippen molar-refractivity contribution < 1.29 is 9.79 Å². The fraction of sp³-hybridized carbons (Fsp3) is 0.227. The molecule has 2 N–H and O–H groups in total. The predicted molar refractivity (Wildman–Crippen MR) is 114 cm³/mol. The molecule has 4 aromatic rings. The molecule has 1 unspecified atom stereocenters. The van der Waals surface area contributed by atoms with Crippen molar-refractivity contribution in [2.24, 2.45) is 14.1 Å². The molecule has 158 valence electrons. The summed E-state index contributed by atoms with van der Waals surface area (Å²) < 4.78 is 5.45. The number of aliphatic hydroxyl groups is 1. The number of benzene rings is 1. The average molecular weight is 418 g/mol. The lowest BCUT2D eigenvalue weighted by Crippen LogP contribution is -2.48. The van der Waals surface area contributed by atoms with E-state index in [9.17, 15) is 9.90 Å². The molecule has 4 rings (SSSR count). The van der Waals surface area contributed by atoms with Crippen LogP contribution in [0.3, 0.4) is 0 Å². The molecule has 0 radical (unpaired) electrons. The summed E-state index contributed by atoms with van der Waals surface area (Å²) in [5, 5.41) is 16.8. The van der Waals surface area contributed by atoms with Gasteiger partial charge in [-0.2, -0.15) is 5.10 Å². The minimum absolute atomic E-state index is 0.0327. The highest BCUT2D eigenvalue weighted by Crippen LogP contribution is 2.18. The maximum atomic E-state index is 12.6. The van der Waals surface area contributed by atoms with E-state index in [0.717, 1.165) is 16.8 Å². The molecule has 1 atom stereocenters. The Kier molecular flexibility index (Phi) is 5.70. The molecule has 0 aliphatic rings. The normalized spacial score (nSPS) is 12.1. The number of aromatic nitrogens is 6. The van der Waals surface area contributed by atoms with Gasteiger partial charge in [-0.25, -0.2) is 9.97 Å². The largest absolute Gasteiger partial charge is 0.374 e.